The summed E-state index contributed by atoms with van der Waals surface area (Å²) in [4.78, 5) is 23.4. The molecule has 1 saturated heterocycles. The van der Waals surface area contributed by atoms with Crippen molar-refractivity contribution in [3.8, 4) is 0 Å². The van der Waals surface area contributed by atoms with Gasteiger partial charge >= 0.3 is 12.0 Å². The van der Waals surface area contributed by atoms with Crippen molar-refractivity contribution < 1.29 is 19.4 Å². The molecule has 6 heteroatoms. The van der Waals surface area contributed by atoms with Gasteiger partial charge in [0.25, 0.3) is 0 Å². The van der Waals surface area contributed by atoms with Crippen LogP contribution in [0, 0.1) is 0 Å². The summed E-state index contributed by atoms with van der Waals surface area (Å²) >= 11 is 0. The lowest BCUT2D eigenvalue weighted by Crippen LogP contribution is -2.41. The summed E-state index contributed by atoms with van der Waals surface area (Å²) in [6, 6.07) is -0.207. The van der Waals surface area contributed by atoms with Crippen molar-refractivity contribution in [2.45, 2.75) is 12.8 Å². The fraction of sp³-hybridized carbons (Fsp3) is 0.778. The Labute approximate surface area is 88.2 Å². The monoisotopic (exact) mass is 216 g/mol. The molecule has 6 nitrogen and oxygen atoms in total. The fourth-order valence-electron chi connectivity index (χ4n) is 1.34. The van der Waals surface area contributed by atoms with Crippen molar-refractivity contribution in [3.05, 3.63) is 0 Å². The number of rotatable bonds is 3. The number of nitrogens with one attached hydrogen (secondary N) is 1. The number of urea groups is 1. The van der Waals surface area contributed by atoms with Gasteiger partial charge in [-0.15, -0.1) is 0 Å². The third-order valence-corrected chi connectivity index (χ3v) is 2.12. The molecule has 0 aromatic heterocycles. The Bertz CT molecular complexity index is 224. The average Bonchev–Trinajstić information content (AvgIpc) is 2.44. The standard InChI is InChI=1S/C9H16N2O4/c12-8(13)2-3-10-9(14)11-4-1-6-15-7-5-11/h1-7H2,(H,10,14)(H,12,13). The van der Waals surface area contributed by atoms with Gasteiger partial charge in [0.1, 0.15) is 0 Å². The maximum Gasteiger partial charge on any atom is 0.317 e. The smallest absolute Gasteiger partial charge is 0.317 e. The number of carbonyl (C=O) groups excluding carboxylic acids is 1. The minimum absolute atomic E-state index is 0.0456. The highest BCUT2D eigenvalue weighted by Gasteiger charge is 2.14. The van der Waals surface area contributed by atoms with Gasteiger partial charge in [-0.05, 0) is 6.42 Å². The minimum atomic E-state index is -0.908. The number of aliphatic carboxylic acids is 1. The highest BCUT2D eigenvalue weighted by atomic mass is 16.5. The predicted octanol–water partition coefficient (Wildman–Crippen LogP) is -0.107. The molecule has 0 unspecified atom stereocenters. The third-order valence-electron chi connectivity index (χ3n) is 2.12. The first-order valence-corrected chi connectivity index (χ1v) is 5.02. The van der Waals surface area contributed by atoms with Gasteiger partial charge in [0.15, 0.2) is 0 Å². The molecule has 1 fully saturated rings. The van der Waals surface area contributed by atoms with Gasteiger partial charge in [0.2, 0.25) is 0 Å². The Morgan fingerprint density at radius 1 is 1.33 bits per heavy atom. The van der Waals surface area contributed by atoms with Crippen molar-refractivity contribution in [1.29, 1.82) is 0 Å². The molecule has 1 heterocycles. The fourth-order valence-corrected chi connectivity index (χ4v) is 1.34. The third kappa shape index (κ3) is 4.64. The summed E-state index contributed by atoms with van der Waals surface area (Å²) in [6.07, 6.45) is 0.780. The second-order valence-electron chi connectivity index (χ2n) is 3.33. The van der Waals surface area contributed by atoms with Gasteiger partial charge in [0, 0.05) is 26.2 Å². The molecule has 86 valence electrons. The van der Waals surface area contributed by atoms with E-state index >= 15 is 0 Å². The summed E-state index contributed by atoms with van der Waals surface area (Å²) in [7, 11) is 0. The summed E-state index contributed by atoms with van der Waals surface area (Å²) in [5.74, 6) is -0.908. The molecule has 1 aliphatic heterocycles. The van der Waals surface area contributed by atoms with Crippen LogP contribution in [0.2, 0.25) is 0 Å². The highest BCUT2D eigenvalue weighted by molar-refractivity contribution is 5.75. The predicted molar refractivity (Wildman–Crippen MR) is 52.7 cm³/mol. The van der Waals surface area contributed by atoms with E-state index in [0.717, 1.165) is 6.42 Å². The van der Waals surface area contributed by atoms with Crippen LogP contribution in [0.25, 0.3) is 0 Å². The van der Waals surface area contributed by atoms with Crippen LogP contribution in [0.5, 0.6) is 0 Å². The Morgan fingerprint density at radius 2 is 2.13 bits per heavy atom. The maximum atomic E-state index is 11.5. The molecule has 2 amide bonds. The Kier molecular flexibility index (Phi) is 4.89. The van der Waals surface area contributed by atoms with Crippen LogP contribution in [0.1, 0.15) is 12.8 Å². The van der Waals surface area contributed by atoms with Crippen LogP contribution in [0.3, 0.4) is 0 Å². The molecule has 1 aliphatic rings. The lowest BCUT2D eigenvalue weighted by atomic mass is 10.4. The SMILES string of the molecule is O=C(O)CCNC(=O)N1CCCOCC1. The Morgan fingerprint density at radius 3 is 2.87 bits per heavy atom. The van der Waals surface area contributed by atoms with Crippen molar-refractivity contribution >= 4 is 12.0 Å². The van der Waals surface area contributed by atoms with Crippen LogP contribution in [-0.4, -0.2) is 54.9 Å². The molecule has 2 N–H and O–H groups in total. The van der Waals surface area contributed by atoms with E-state index in [1.807, 2.05) is 0 Å². The molecular weight excluding hydrogens is 200 g/mol. The highest BCUT2D eigenvalue weighted by Crippen LogP contribution is 1.99. The lowest BCUT2D eigenvalue weighted by Gasteiger charge is -2.19. The number of amides is 2. The zero-order valence-electron chi connectivity index (χ0n) is 8.57. The Balaban J connectivity index is 2.22. The largest absolute Gasteiger partial charge is 0.481 e. The van der Waals surface area contributed by atoms with E-state index in [-0.39, 0.29) is 19.0 Å². The van der Waals surface area contributed by atoms with E-state index in [4.69, 9.17) is 9.84 Å². The first-order chi connectivity index (χ1) is 7.20. The summed E-state index contributed by atoms with van der Waals surface area (Å²) < 4.78 is 5.20. The first kappa shape index (κ1) is 11.8. The van der Waals surface area contributed by atoms with E-state index in [1.165, 1.54) is 0 Å². The van der Waals surface area contributed by atoms with Crippen LogP contribution in [0.4, 0.5) is 4.79 Å². The summed E-state index contributed by atoms with van der Waals surface area (Å²) in [5.41, 5.74) is 0. The molecule has 0 aliphatic carbocycles. The zero-order valence-corrected chi connectivity index (χ0v) is 8.57. The van der Waals surface area contributed by atoms with Crippen LogP contribution in [0.15, 0.2) is 0 Å². The molecule has 0 atom stereocenters. The van der Waals surface area contributed by atoms with E-state index in [1.54, 1.807) is 4.90 Å². The van der Waals surface area contributed by atoms with E-state index in [0.29, 0.717) is 26.3 Å². The number of ether oxygens (including phenoxy) is 1. The van der Waals surface area contributed by atoms with E-state index in [9.17, 15) is 9.59 Å². The van der Waals surface area contributed by atoms with Gasteiger partial charge in [0.05, 0.1) is 13.0 Å². The molecule has 0 aromatic rings. The summed E-state index contributed by atoms with van der Waals surface area (Å²) in [5, 5.41) is 11.0. The van der Waals surface area contributed by atoms with E-state index in [2.05, 4.69) is 5.32 Å². The van der Waals surface area contributed by atoms with Gasteiger partial charge < -0.3 is 20.1 Å². The molecule has 0 aromatic carbocycles. The Hall–Kier alpha value is -1.30. The molecule has 1 rings (SSSR count). The molecule has 15 heavy (non-hydrogen) atoms. The lowest BCUT2D eigenvalue weighted by molar-refractivity contribution is -0.136. The molecule has 0 bridgehead atoms. The number of nitrogens with zero attached hydrogens (tertiary/aromatic N) is 1. The maximum absolute atomic E-state index is 11.5. The van der Waals surface area contributed by atoms with Crippen molar-refractivity contribution in [2.75, 3.05) is 32.8 Å². The van der Waals surface area contributed by atoms with E-state index < -0.39 is 5.97 Å². The number of hydrogen-bond acceptors (Lipinski definition) is 3. The van der Waals surface area contributed by atoms with Crippen LogP contribution in [-0.2, 0) is 9.53 Å². The van der Waals surface area contributed by atoms with Gasteiger partial charge in [-0.2, -0.15) is 0 Å². The number of carbonyl (C=O) groups is 2. The van der Waals surface area contributed by atoms with Crippen LogP contribution < -0.4 is 5.32 Å². The van der Waals surface area contributed by atoms with Gasteiger partial charge in [-0.3, -0.25) is 4.79 Å². The quantitative estimate of drug-likeness (QED) is 0.690. The van der Waals surface area contributed by atoms with Crippen molar-refractivity contribution in [2.24, 2.45) is 0 Å². The summed E-state index contributed by atoms with van der Waals surface area (Å²) in [6.45, 7) is 2.63. The minimum Gasteiger partial charge on any atom is -0.481 e. The van der Waals surface area contributed by atoms with Gasteiger partial charge in [-0.1, -0.05) is 0 Å². The second-order valence-corrected chi connectivity index (χ2v) is 3.33. The number of carboxylic acid groups (broad SMARTS) is 1. The normalized spacial score (nSPS) is 16.9. The first-order valence-electron chi connectivity index (χ1n) is 5.02. The molecule has 0 saturated carbocycles. The van der Waals surface area contributed by atoms with Crippen LogP contribution >= 0.6 is 0 Å². The number of carboxylic acids is 1. The molecule has 0 radical (unpaired) electrons. The molecular formula is C9H16N2O4. The van der Waals surface area contributed by atoms with Crippen molar-refractivity contribution in [1.82, 2.24) is 10.2 Å². The number of hydrogen-bond donors (Lipinski definition) is 2. The second kappa shape index (κ2) is 6.23. The topological polar surface area (TPSA) is 78.9 Å². The molecule has 0 spiro atoms. The van der Waals surface area contributed by atoms with Crippen molar-refractivity contribution in [3.63, 3.8) is 0 Å². The average molecular weight is 216 g/mol. The zero-order chi connectivity index (χ0) is 11.1. The van der Waals surface area contributed by atoms with Gasteiger partial charge in [-0.25, -0.2) is 4.79 Å².